The van der Waals surface area contributed by atoms with Crippen molar-refractivity contribution in [3.63, 3.8) is 0 Å². The molecule has 0 spiro atoms. The average molecular weight is 256 g/mol. The first-order valence-electron chi connectivity index (χ1n) is 6.77. The minimum atomic E-state index is -3.36. The van der Waals surface area contributed by atoms with Crippen LogP contribution in [0.3, 0.4) is 0 Å². The predicted molar refractivity (Wildman–Crippen MR) is 65.9 cm³/mol. The van der Waals surface area contributed by atoms with E-state index in [0.29, 0.717) is 18.4 Å². The molecule has 92 valence electrons. The number of carbonyl (C=O) groups excluding carboxylic acids is 1. The molecule has 0 atom stereocenters. The summed E-state index contributed by atoms with van der Waals surface area (Å²) in [5.41, 5.74) is 0.856. The zero-order valence-electron chi connectivity index (χ0n) is 12.4. The number of rotatable bonds is 1. The second kappa shape index (κ2) is 4.14. The lowest BCUT2D eigenvalue weighted by Crippen LogP contribution is -2.25. The van der Waals surface area contributed by atoms with Gasteiger partial charge in [0, 0.05) is 29.5 Å². The number of hydrogen-bond acceptors (Lipinski definition) is 3. The Kier molecular flexibility index (Phi) is 2.12. The minimum absolute atomic E-state index is 0.135. The van der Waals surface area contributed by atoms with Gasteiger partial charge in [-0.05, 0) is 36.6 Å². The summed E-state index contributed by atoms with van der Waals surface area (Å²) >= 11 is 0. The smallest absolute Gasteiger partial charge is 0.226 e. The van der Waals surface area contributed by atoms with Crippen LogP contribution in [0.15, 0.2) is 23.1 Å². The number of hydrogen-bond donors (Lipinski definition) is 0. The van der Waals surface area contributed by atoms with Gasteiger partial charge in [-0.2, -0.15) is 0 Å². The number of sulfone groups is 1. The largest absolute Gasteiger partial charge is 0.315 e. The van der Waals surface area contributed by atoms with Gasteiger partial charge >= 0.3 is 0 Å². The van der Waals surface area contributed by atoms with Gasteiger partial charge in [0.05, 0.1) is 4.90 Å². The SMILES string of the molecule is [2H]C([2H])([2H])N1C(=O)CCCc2cc(S(C)(=O)=O)ccc21. The molecule has 1 aromatic rings. The number of benzene rings is 1. The Labute approximate surface area is 105 Å². The Hall–Kier alpha value is -1.36. The highest BCUT2D eigenvalue weighted by Crippen LogP contribution is 2.28. The van der Waals surface area contributed by atoms with Gasteiger partial charge in [-0.1, -0.05) is 0 Å². The highest BCUT2D eigenvalue weighted by Gasteiger charge is 2.20. The van der Waals surface area contributed by atoms with Crippen molar-refractivity contribution >= 4 is 21.4 Å². The number of fused-ring (bicyclic) bond motifs is 1. The van der Waals surface area contributed by atoms with Crippen molar-refractivity contribution in [3.8, 4) is 0 Å². The van der Waals surface area contributed by atoms with Gasteiger partial charge in [0.1, 0.15) is 0 Å². The lowest BCUT2D eigenvalue weighted by molar-refractivity contribution is -0.118. The lowest BCUT2D eigenvalue weighted by atomic mass is 10.1. The normalized spacial score (nSPS) is 19.9. The molecule has 1 amide bonds. The van der Waals surface area contributed by atoms with E-state index >= 15 is 0 Å². The van der Waals surface area contributed by atoms with Crippen LogP contribution in [0.1, 0.15) is 22.5 Å². The molecule has 0 saturated carbocycles. The molecule has 1 aliphatic heterocycles. The Balaban J connectivity index is 2.61. The van der Waals surface area contributed by atoms with Crippen LogP contribution in [-0.4, -0.2) is 27.6 Å². The highest BCUT2D eigenvalue weighted by atomic mass is 32.2. The molecule has 0 saturated heterocycles. The zero-order chi connectivity index (χ0) is 15.1. The summed E-state index contributed by atoms with van der Waals surface area (Å²) in [7, 11) is -3.36. The quantitative estimate of drug-likeness (QED) is 0.763. The second-order valence-corrected chi connectivity index (χ2v) is 6.16. The third kappa shape index (κ3) is 2.34. The second-order valence-electron chi connectivity index (χ2n) is 4.15. The third-order valence-corrected chi connectivity index (χ3v) is 3.92. The molecule has 0 fully saturated rings. The molecule has 1 aromatic carbocycles. The molecule has 0 radical (unpaired) electrons. The number of amides is 1. The minimum Gasteiger partial charge on any atom is -0.315 e. The van der Waals surface area contributed by atoms with Crippen LogP contribution in [0.5, 0.6) is 0 Å². The third-order valence-electron chi connectivity index (χ3n) is 2.81. The average Bonchev–Trinajstić information content (AvgIpc) is 2.43. The monoisotopic (exact) mass is 256 g/mol. The van der Waals surface area contributed by atoms with E-state index in [2.05, 4.69) is 0 Å². The van der Waals surface area contributed by atoms with Gasteiger partial charge in [0.2, 0.25) is 5.91 Å². The fraction of sp³-hybridized carbons (Fsp3) is 0.417. The fourth-order valence-electron chi connectivity index (χ4n) is 1.89. The van der Waals surface area contributed by atoms with E-state index in [-0.39, 0.29) is 17.0 Å². The van der Waals surface area contributed by atoms with Crippen molar-refractivity contribution in [1.29, 1.82) is 0 Å². The molecular formula is C12H15NO3S. The van der Waals surface area contributed by atoms with Crippen molar-refractivity contribution in [2.24, 2.45) is 0 Å². The van der Waals surface area contributed by atoms with E-state index in [1.165, 1.54) is 18.2 Å². The first-order chi connectivity index (χ1) is 9.10. The van der Waals surface area contributed by atoms with Crippen molar-refractivity contribution in [2.75, 3.05) is 18.1 Å². The predicted octanol–water partition coefficient (Wildman–Crippen LogP) is 1.39. The van der Waals surface area contributed by atoms with Crippen molar-refractivity contribution in [1.82, 2.24) is 0 Å². The van der Waals surface area contributed by atoms with Crippen LogP contribution in [0.2, 0.25) is 0 Å². The zero-order valence-corrected chi connectivity index (χ0v) is 10.3. The Morgan fingerprint density at radius 3 is 2.76 bits per heavy atom. The molecule has 1 heterocycles. The summed E-state index contributed by atoms with van der Waals surface area (Å²) in [5.74, 6) is -0.462. The fourth-order valence-corrected chi connectivity index (χ4v) is 2.56. The van der Waals surface area contributed by atoms with Gasteiger partial charge in [0.15, 0.2) is 9.84 Å². The Morgan fingerprint density at radius 1 is 1.35 bits per heavy atom. The maximum Gasteiger partial charge on any atom is 0.226 e. The summed E-state index contributed by atoms with van der Waals surface area (Å²) in [4.78, 5) is 12.9. The van der Waals surface area contributed by atoms with E-state index in [9.17, 15) is 13.2 Å². The molecular weight excluding hydrogens is 238 g/mol. The topological polar surface area (TPSA) is 54.5 Å². The molecule has 0 unspecified atom stereocenters. The van der Waals surface area contributed by atoms with Gasteiger partial charge in [-0.15, -0.1) is 0 Å². The maximum atomic E-state index is 12.0. The van der Waals surface area contributed by atoms with E-state index in [4.69, 9.17) is 4.11 Å². The van der Waals surface area contributed by atoms with E-state index in [1.807, 2.05) is 0 Å². The number of aryl methyl sites for hydroxylation is 1. The van der Waals surface area contributed by atoms with E-state index in [0.717, 1.165) is 11.2 Å². The summed E-state index contributed by atoms with van der Waals surface area (Å²) < 4.78 is 45.6. The Bertz CT molecular complexity index is 652. The summed E-state index contributed by atoms with van der Waals surface area (Å²) in [6, 6.07) is 4.20. The molecule has 0 aromatic heterocycles. The summed E-state index contributed by atoms with van der Waals surface area (Å²) in [6.07, 6.45) is 2.22. The molecule has 0 N–H and O–H groups in total. The van der Waals surface area contributed by atoms with E-state index in [1.54, 1.807) is 0 Å². The van der Waals surface area contributed by atoms with Gasteiger partial charge < -0.3 is 4.90 Å². The lowest BCUT2D eigenvalue weighted by Gasteiger charge is -2.17. The van der Waals surface area contributed by atoms with Crippen molar-refractivity contribution in [3.05, 3.63) is 23.8 Å². The maximum absolute atomic E-state index is 12.0. The number of anilines is 1. The molecule has 5 heteroatoms. The van der Waals surface area contributed by atoms with Gasteiger partial charge in [0.25, 0.3) is 0 Å². The van der Waals surface area contributed by atoms with Crippen LogP contribution < -0.4 is 4.90 Å². The molecule has 0 aliphatic carbocycles. The number of nitrogens with zero attached hydrogens (tertiary/aromatic N) is 1. The molecule has 2 rings (SSSR count). The summed E-state index contributed by atoms with van der Waals surface area (Å²) in [6.45, 7) is -2.57. The highest BCUT2D eigenvalue weighted by molar-refractivity contribution is 7.90. The molecule has 17 heavy (non-hydrogen) atoms. The van der Waals surface area contributed by atoms with Crippen LogP contribution in [0.4, 0.5) is 5.69 Å². The molecule has 1 aliphatic rings. The van der Waals surface area contributed by atoms with Crippen LogP contribution >= 0.6 is 0 Å². The van der Waals surface area contributed by atoms with Crippen LogP contribution in [0, 0.1) is 0 Å². The van der Waals surface area contributed by atoms with Gasteiger partial charge in [-0.3, -0.25) is 4.79 Å². The number of carbonyl (C=O) groups is 1. The van der Waals surface area contributed by atoms with E-state index < -0.39 is 22.7 Å². The molecule has 4 nitrogen and oxygen atoms in total. The summed E-state index contributed by atoms with van der Waals surface area (Å²) in [5, 5.41) is 0. The van der Waals surface area contributed by atoms with Gasteiger partial charge in [-0.25, -0.2) is 8.42 Å². The van der Waals surface area contributed by atoms with Crippen LogP contribution in [0.25, 0.3) is 0 Å². The molecule has 0 bridgehead atoms. The van der Waals surface area contributed by atoms with Crippen molar-refractivity contribution in [2.45, 2.75) is 24.2 Å². The van der Waals surface area contributed by atoms with Crippen molar-refractivity contribution < 1.29 is 17.3 Å². The standard InChI is InChI=1S/C12H15NO3S/c1-13-11-7-6-10(17(2,15)16)8-9(11)4-3-5-12(13)14/h6-8H,3-5H2,1-2H3/i1D3. The first kappa shape index (κ1) is 8.69. The Morgan fingerprint density at radius 2 is 2.12 bits per heavy atom. The van der Waals surface area contributed by atoms with Crippen LogP contribution in [-0.2, 0) is 21.1 Å². The first-order valence-corrected chi connectivity index (χ1v) is 7.16.